The van der Waals surface area contributed by atoms with Gasteiger partial charge in [0.1, 0.15) is 0 Å². The Labute approximate surface area is 144 Å². The summed E-state index contributed by atoms with van der Waals surface area (Å²) in [6.07, 6.45) is 5.69. The number of hydrogen-bond donors (Lipinski definition) is 1. The number of rotatable bonds is 6. The van der Waals surface area contributed by atoms with E-state index in [0.717, 1.165) is 16.7 Å². The minimum atomic E-state index is 0.519. The van der Waals surface area contributed by atoms with E-state index in [2.05, 4.69) is 15.4 Å². The van der Waals surface area contributed by atoms with Crippen molar-refractivity contribution in [1.29, 1.82) is 0 Å². The Balaban J connectivity index is 1.92. The number of ether oxygens (including phenoxy) is 1. The molecule has 3 rings (SSSR count). The van der Waals surface area contributed by atoms with Gasteiger partial charge in [0.2, 0.25) is 12.3 Å². The summed E-state index contributed by atoms with van der Waals surface area (Å²) in [4.78, 5) is 14.8. The summed E-state index contributed by atoms with van der Waals surface area (Å²) in [5.74, 6) is 0.532. The number of benzene rings is 1. The molecule has 7 heteroatoms. The Bertz CT molecular complexity index is 863. The van der Waals surface area contributed by atoms with Crippen LogP contribution in [0.3, 0.4) is 0 Å². The highest BCUT2D eigenvalue weighted by atomic mass is 35.5. The van der Waals surface area contributed by atoms with E-state index in [1.165, 1.54) is 0 Å². The maximum Gasteiger partial charge on any atom is 0.221 e. The van der Waals surface area contributed by atoms with Crippen LogP contribution in [0.15, 0.2) is 48.9 Å². The minimum Gasteiger partial charge on any atom is -0.481 e. The number of aromatic nitrogens is 3. The second kappa shape index (κ2) is 7.14. The maximum absolute atomic E-state index is 10.5. The Morgan fingerprint density at radius 1 is 1.33 bits per heavy atom. The Morgan fingerprint density at radius 2 is 2.21 bits per heavy atom. The lowest BCUT2D eigenvalue weighted by molar-refractivity contribution is -0.105. The van der Waals surface area contributed by atoms with E-state index < -0.39 is 0 Å². The quantitative estimate of drug-likeness (QED) is 0.698. The fourth-order valence-corrected chi connectivity index (χ4v) is 2.58. The van der Waals surface area contributed by atoms with Gasteiger partial charge in [-0.2, -0.15) is 5.10 Å². The summed E-state index contributed by atoms with van der Waals surface area (Å²) in [6.45, 7) is 0.519. The summed E-state index contributed by atoms with van der Waals surface area (Å²) in [5.41, 5.74) is 3.38. The molecule has 24 heavy (non-hydrogen) atoms. The van der Waals surface area contributed by atoms with Crippen molar-refractivity contribution in [1.82, 2.24) is 14.8 Å². The topological polar surface area (TPSA) is 69.0 Å². The maximum atomic E-state index is 10.5. The van der Waals surface area contributed by atoms with Crippen LogP contribution in [0.5, 0.6) is 5.88 Å². The molecule has 0 saturated heterocycles. The van der Waals surface area contributed by atoms with E-state index in [0.29, 0.717) is 29.5 Å². The third kappa shape index (κ3) is 3.55. The number of halogens is 1. The summed E-state index contributed by atoms with van der Waals surface area (Å²) in [6, 6.07) is 9.51. The molecule has 0 aliphatic heterocycles. The zero-order valence-electron chi connectivity index (χ0n) is 12.9. The monoisotopic (exact) mass is 342 g/mol. The molecule has 0 fully saturated rings. The van der Waals surface area contributed by atoms with Gasteiger partial charge in [0, 0.05) is 23.0 Å². The van der Waals surface area contributed by atoms with Crippen molar-refractivity contribution in [3.63, 3.8) is 0 Å². The molecule has 0 aliphatic rings. The molecule has 1 amide bonds. The zero-order valence-corrected chi connectivity index (χ0v) is 13.7. The molecule has 0 radical (unpaired) electrons. The van der Waals surface area contributed by atoms with E-state index >= 15 is 0 Å². The van der Waals surface area contributed by atoms with Crippen LogP contribution < -0.4 is 10.1 Å². The van der Waals surface area contributed by atoms with Crippen LogP contribution >= 0.6 is 11.6 Å². The minimum absolute atomic E-state index is 0.519. The smallest absolute Gasteiger partial charge is 0.221 e. The second-order valence-electron chi connectivity index (χ2n) is 5.10. The SMILES string of the molecule is COc1ncc(Cn2cc(NC=O)cn2)cc1-c1cccc(Cl)c1. The molecular formula is C17H15ClN4O2. The molecular weight excluding hydrogens is 328 g/mol. The molecule has 0 atom stereocenters. The van der Waals surface area contributed by atoms with E-state index in [1.54, 1.807) is 30.4 Å². The van der Waals surface area contributed by atoms with Gasteiger partial charge in [-0.15, -0.1) is 0 Å². The number of methoxy groups -OCH3 is 1. The molecule has 1 aromatic carbocycles. The molecule has 6 nitrogen and oxygen atoms in total. The molecule has 0 aliphatic carbocycles. The Morgan fingerprint density at radius 3 is 2.96 bits per heavy atom. The van der Waals surface area contributed by atoms with Crippen molar-refractivity contribution >= 4 is 23.7 Å². The Kier molecular flexibility index (Phi) is 4.77. The first kappa shape index (κ1) is 16.0. The Hall–Kier alpha value is -2.86. The lowest BCUT2D eigenvalue weighted by atomic mass is 10.1. The van der Waals surface area contributed by atoms with Gasteiger partial charge in [0.15, 0.2) is 0 Å². The lowest BCUT2D eigenvalue weighted by Gasteiger charge is -2.10. The largest absolute Gasteiger partial charge is 0.481 e. The standard InChI is InChI=1S/C17H15ClN4O2/c1-24-17-16(13-3-2-4-14(18)6-13)5-12(7-19-17)9-22-10-15(8-21-22)20-11-23/h2-8,10-11H,9H2,1H3,(H,20,23). The van der Waals surface area contributed by atoms with Gasteiger partial charge in [0.05, 0.1) is 25.5 Å². The third-order valence-corrected chi connectivity index (χ3v) is 3.68. The van der Waals surface area contributed by atoms with Gasteiger partial charge in [0.25, 0.3) is 0 Å². The van der Waals surface area contributed by atoms with Gasteiger partial charge in [-0.25, -0.2) is 4.98 Å². The van der Waals surface area contributed by atoms with Crippen LogP contribution in [0.4, 0.5) is 5.69 Å². The predicted molar refractivity (Wildman–Crippen MR) is 92.3 cm³/mol. The highest BCUT2D eigenvalue weighted by molar-refractivity contribution is 6.30. The van der Waals surface area contributed by atoms with Gasteiger partial charge in [-0.1, -0.05) is 23.7 Å². The van der Waals surface area contributed by atoms with Crippen molar-refractivity contribution in [2.45, 2.75) is 6.54 Å². The molecule has 2 heterocycles. The number of hydrogen-bond acceptors (Lipinski definition) is 4. The zero-order chi connectivity index (χ0) is 16.9. The first-order chi connectivity index (χ1) is 11.7. The van der Waals surface area contributed by atoms with Gasteiger partial charge in [-0.05, 0) is 29.3 Å². The summed E-state index contributed by atoms with van der Waals surface area (Å²) < 4.78 is 7.07. The first-order valence-electron chi connectivity index (χ1n) is 7.21. The van der Waals surface area contributed by atoms with Crippen molar-refractivity contribution in [2.75, 3.05) is 12.4 Å². The molecule has 0 bridgehead atoms. The molecule has 2 aromatic heterocycles. The fourth-order valence-electron chi connectivity index (χ4n) is 2.39. The number of pyridine rings is 1. The molecule has 0 saturated carbocycles. The summed E-state index contributed by atoms with van der Waals surface area (Å²) in [5, 5.41) is 7.42. The van der Waals surface area contributed by atoms with Crippen LogP contribution in [0.1, 0.15) is 5.56 Å². The van der Waals surface area contributed by atoms with E-state index in [1.807, 2.05) is 30.3 Å². The normalized spacial score (nSPS) is 10.4. The molecule has 1 N–H and O–H groups in total. The average molecular weight is 343 g/mol. The van der Waals surface area contributed by atoms with E-state index in [9.17, 15) is 4.79 Å². The number of anilines is 1. The highest BCUT2D eigenvalue weighted by Gasteiger charge is 2.10. The van der Waals surface area contributed by atoms with Crippen molar-refractivity contribution in [2.24, 2.45) is 0 Å². The average Bonchev–Trinajstić information content (AvgIpc) is 3.02. The number of carbonyl (C=O) groups is 1. The number of nitrogens with zero attached hydrogens (tertiary/aromatic N) is 3. The molecule has 122 valence electrons. The van der Waals surface area contributed by atoms with E-state index in [-0.39, 0.29) is 0 Å². The number of nitrogens with one attached hydrogen (secondary N) is 1. The number of amides is 1. The van der Waals surface area contributed by atoms with Gasteiger partial charge >= 0.3 is 0 Å². The van der Waals surface area contributed by atoms with Crippen LogP contribution in [-0.2, 0) is 11.3 Å². The van der Waals surface area contributed by atoms with Crippen molar-refractivity contribution in [3.8, 4) is 17.0 Å². The van der Waals surface area contributed by atoms with Crippen molar-refractivity contribution < 1.29 is 9.53 Å². The first-order valence-corrected chi connectivity index (χ1v) is 7.59. The summed E-state index contributed by atoms with van der Waals surface area (Å²) in [7, 11) is 1.58. The van der Waals surface area contributed by atoms with E-state index in [4.69, 9.17) is 16.3 Å². The van der Waals surface area contributed by atoms with Crippen LogP contribution in [0, 0.1) is 0 Å². The van der Waals surface area contributed by atoms with Crippen LogP contribution in [-0.4, -0.2) is 28.3 Å². The fraction of sp³-hybridized carbons (Fsp3) is 0.118. The molecule has 0 spiro atoms. The predicted octanol–water partition coefficient (Wildman–Crippen LogP) is 3.22. The third-order valence-electron chi connectivity index (χ3n) is 3.44. The lowest BCUT2D eigenvalue weighted by Crippen LogP contribution is -2.02. The van der Waals surface area contributed by atoms with Gasteiger partial charge < -0.3 is 10.1 Å². The van der Waals surface area contributed by atoms with Gasteiger partial charge in [-0.3, -0.25) is 9.48 Å². The number of carbonyl (C=O) groups excluding carboxylic acids is 1. The molecule has 0 unspecified atom stereocenters. The van der Waals surface area contributed by atoms with Crippen LogP contribution in [0.25, 0.3) is 11.1 Å². The second-order valence-corrected chi connectivity index (χ2v) is 5.54. The van der Waals surface area contributed by atoms with Crippen molar-refractivity contribution in [3.05, 3.63) is 59.5 Å². The summed E-state index contributed by atoms with van der Waals surface area (Å²) >= 11 is 6.08. The molecule has 3 aromatic rings. The van der Waals surface area contributed by atoms with Crippen LogP contribution in [0.2, 0.25) is 5.02 Å². The highest BCUT2D eigenvalue weighted by Crippen LogP contribution is 2.30.